The number of fused-ring (bicyclic) bond motifs is 2. The molecule has 2 aliphatic rings. The lowest BCUT2D eigenvalue weighted by Gasteiger charge is -2.34. The number of rotatable bonds is 4. The van der Waals surface area contributed by atoms with Crippen LogP contribution in [0.5, 0.6) is 0 Å². The minimum Gasteiger partial charge on any atom is -0.354 e. The minimum absolute atomic E-state index is 0.181. The molecule has 0 N–H and O–H groups in total. The summed E-state index contributed by atoms with van der Waals surface area (Å²) in [6, 6.07) is 6.24. The number of aromatic nitrogens is 3. The maximum absolute atomic E-state index is 12.9. The lowest BCUT2D eigenvalue weighted by atomic mass is 10.1. The van der Waals surface area contributed by atoms with Crippen molar-refractivity contribution in [3.05, 3.63) is 51.2 Å². The highest BCUT2D eigenvalue weighted by Gasteiger charge is 2.23. The normalized spacial score (nSPS) is 17.5. The maximum atomic E-state index is 12.9. The molecule has 7 heteroatoms. The molecule has 1 saturated heterocycles. The number of anilines is 1. The Bertz CT molecular complexity index is 1120. The van der Waals surface area contributed by atoms with Gasteiger partial charge in [-0.25, -0.2) is 4.98 Å². The molecule has 158 valence electrons. The van der Waals surface area contributed by atoms with Crippen molar-refractivity contribution in [2.24, 2.45) is 0 Å². The van der Waals surface area contributed by atoms with E-state index in [0.29, 0.717) is 0 Å². The van der Waals surface area contributed by atoms with Gasteiger partial charge in [-0.15, -0.1) is 0 Å². The highest BCUT2D eigenvalue weighted by Crippen LogP contribution is 2.27. The summed E-state index contributed by atoms with van der Waals surface area (Å²) in [5.74, 6) is 1.91. The first kappa shape index (κ1) is 19.3. The van der Waals surface area contributed by atoms with Crippen LogP contribution in [0.25, 0.3) is 11.0 Å². The summed E-state index contributed by atoms with van der Waals surface area (Å²) >= 11 is 0. The van der Waals surface area contributed by atoms with Crippen LogP contribution in [0.15, 0.2) is 27.5 Å². The first-order valence-corrected chi connectivity index (χ1v) is 11.0. The predicted molar refractivity (Wildman–Crippen MR) is 117 cm³/mol. The molecule has 0 amide bonds. The van der Waals surface area contributed by atoms with E-state index in [1.165, 1.54) is 5.56 Å². The molecule has 30 heavy (non-hydrogen) atoms. The molecular formula is C23H29N5O2. The minimum atomic E-state index is 0.181. The smallest absolute Gasteiger partial charge is 0.256 e. The lowest BCUT2D eigenvalue weighted by molar-refractivity contribution is 0.259. The molecule has 0 atom stereocenters. The van der Waals surface area contributed by atoms with Crippen molar-refractivity contribution in [2.75, 3.05) is 37.6 Å². The average Bonchev–Trinajstić information content (AvgIpc) is 3.17. The van der Waals surface area contributed by atoms with E-state index in [1.54, 1.807) is 0 Å². The third-order valence-corrected chi connectivity index (χ3v) is 6.54. The SMILES string of the molecule is Cc1ccc2c(N3CCN(CCc4c(C)nc5n(c4=O)CCCC5)CC3)noc2c1. The number of hydrogen-bond acceptors (Lipinski definition) is 6. The van der Waals surface area contributed by atoms with Gasteiger partial charge in [0.1, 0.15) is 5.82 Å². The van der Waals surface area contributed by atoms with Gasteiger partial charge in [-0.3, -0.25) is 14.3 Å². The Labute approximate surface area is 176 Å². The summed E-state index contributed by atoms with van der Waals surface area (Å²) in [6.07, 6.45) is 3.91. The summed E-state index contributed by atoms with van der Waals surface area (Å²) in [5, 5.41) is 5.40. The van der Waals surface area contributed by atoms with Crippen molar-refractivity contribution >= 4 is 16.8 Å². The van der Waals surface area contributed by atoms with Crippen molar-refractivity contribution in [3.8, 4) is 0 Å². The van der Waals surface area contributed by atoms with Gasteiger partial charge >= 0.3 is 0 Å². The third kappa shape index (κ3) is 3.51. The number of nitrogens with zero attached hydrogens (tertiary/aromatic N) is 5. The number of hydrogen-bond donors (Lipinski definition) is 0. The van der Waals surface area contributed by atoms with Crippen LogP contribution in [0, 0.1) is 13.8 Å². The molecule has 0 saturated carbocycles. The van der Waals surface area contributed by atoms with E-state index in [-0.39, 0.29) is 5.56 Å². The summed E-state index contributed by atoms with van der Waals surface area (Å²) in [4.78, 5) is 22.4. The van der Waals surface area contributed by atoms with Gasteiger partial charge in [0.05, 0.1) is 5.39 Å². The van der Waals surface area contributed by atoms with Crippen molar-refractivity contribution in [1.29, 1.82) is 0 Å². The molecule has 1 aromatic carbocycles. The first-order valence-electron chi connectivity index (χ1n) is 11.0. The molecule has 2 aliphatic heterocycles. The molecule has 0 unspecified atom stereocenters. The van der Waals surface area contributed by atoms with Crippen molar-refractivity contribution in [2.45, 2.75) is 46.1 Å². The van der Waals surface area contributed by atoms with Gasteiger partial charge in [0.15, 0.2) is 11.4 Å². The molecule has 7 nitrogen and oxygen atoms in total. The van der Waals surface area contributed by atoms with Gasteiger partial charge in [-0.2, -0.15) is 0 Å². The number of piperazine rings is 1. The largest absolute Gasteiger partial charge is 0.354 e. The quantitative estimate of drug-likeness (QED) is 0.663. The molecule has 5 rings (SSSR count). The van der Waals surface area contributed by atoms with Gasteiger partial charge in [0.25, 0.3) is 5.56 Å². The molecule has 1 fully saturated rings. The van der Waals surface area contributed by atoms with Gasteiger partial charge in [-0.1, -0.05) is 11.2 Å². The predicted octanol–water partition coefficient (Wildman–Crippen LogP) is 2.70. The second kappa shape index (κ2) is 7.87. The van der Waals surface area contributed by atoms with Crippen molar-refractivity contribution in [1.82, 2.24) is 19.6 Å². The highest BCUT2D eigenvalue weighted by atomic mass is 16.5. The zero-order valence-corrected chi connectivity index (χ0v) is 17.9. The van der Waals surface area contributed by atoms with Crippen molar-refractivity contribution < 1.29 is 4.52 Å². The van der Waals surface area contributed by atoms with E-state index in [1.807, 2.05) is 17.6 Å². The van der Waals surface area contributed by atoms with Crippen LogP contribution in [0.1, 0.15) is 35.5 Å². The molecule has 3 aromatic rings. The third-order valence-electron chi connectivity index (χ3n) is 6.54. The van der Waals surface area contributed by atoms with E-state index >= 15 is 0 Å². The van der Waals surface area contributed by atoms with E-state index in [0.717, 1.165) is 98.8 Å². The van der Waals surface area contributed by atoms with Crippen LogP contribution in [0.4, 0.5) is 5.82 Å². The monoisotopic (exact) mass is 407 g/mol. The number of aryl methyl sites for hydroxylation is 3. The Kier molecular flexibility index (Phi) is 5.06. The topological polar surface area (TPSA) is 67.4 Å². The van der Waals surface area contributed by atoms with E-state index in [9.17, 15) is 4.79 Å². The molecule has 0 spiro atoms. The number of benzene rings is 1. The van der Waals surface area contributed by atoms with E-state index in [4.69, 9.17) is 9.51 Å². The maximum Gasteiger partial charge on any atom is 0.256 e. The second-order valence-electron chi connectivity index (χ2n) is 8.59. The molecule has 0 bridgehead atoms. The Morgan fingerprint density at radius 3 is 2.73 bits per heavy atom. The summed E-state index contributed by atoms with van der Waals surface area (Å²) < 4.78 is 7.44. The Hall–Kier alpha value is -2.67. The molecular weight excluding hydrogens is 378 g/mol. The van der Waals surface area contributed by atoms with Crippen molar-refractivity contribution in [3.63, 3.8) is 0 Å². The lowest BCUT2D eigenvalue weighted by Crippen LogP contribution is -2.47. The van der Waals surface area contributed by atoms with E-state index in [2.05, 4.69) is 34.0 Å². The molecule has 2 aromatic heterocycles. The average molecular weight is 408 g/mol. The van der Waals surface area contributed by atoms with Crippen LogP contribution < -0.4 is 10.5 Å². The summed E-state index contributed by atoms with van der Waals surface area (Å²) in [6.45, 7) is 9.50. The Balaban J connectivity index is 1.23. The van der Waals surface area contributed by atoms with Gasteiger partial charge in [0, 0.05) is 56.9 Å². The van der Waals surface area contributed by atoms with E-state index < -0.39 is 0 Å². The van der Waals surface area contributed by atoms with Crippen LogP contribution >= 0.6 is 0 Å². The van der Waals surface area contributed by atoms with Gasteiger partial charge in [0.2, 0.25) is 0 Å². The van der Waals surface area contributed by atoms with Crippen LogP contribution in [0.2, 0.25) is 0 Å². The fraction of sp³-hybridized carbons (Fsp3) is 0.522. The fourth-order valence-corrected chi connectivity index (χ4v) is 4.73. The van der Waals surface area contributed by atoms with Crippen LogP contribution in [0.3, 0.4) is 0 Å². The Morgan fingerprint density at radius 2 is 1.90 bits per heavy atom. The molecule has 0 radical (unpaired) electrons. The van der Waals surface area contributed by atoms with Crippen LogP contribution in [-0.4, -0.2) is 52.3 Å². The van der Waals surface area contributed by atoms with Gasteiger partial charge in [-0.05, 0) is 50.8 Å². The zero-order chi connectivity index (χ0) is 20.7. The summed E-state index contributed by atoms with van der Waals surface area (Å²) in [7, 11) is 0. The summed E-state index contributed by atoms with van der Waals surface area (Å²) in [5.41, 5.74) is 4.01. The zero-order valence-electron chi connectivity index (χ0n) is 17.9. The fourth-order valence-electron chi connectivity index (χ4n) is 4.73. The molecule has 4 heterocycles. The standard InChI is InChI=1S/C23H29N5O2/c1-16-6-7-19-20(15-16)30-25-22(19)27-13-11-26(12-14-27)10-8-18-17(2)24-21-5-3-4-9-28(21)23(18)29/h6-7,15H,3-5,8-14H2,1-2H3. The highest BCUT2D eigenvalue weighted by molar-refractivity contribution is 5.89. The first-order chi connectivity index (χ1) is 14.6. The second-order valence-corrected chi connectivity index (χ2v) is 8.59. The Morgan fingerprint density at radius 1 is 1.07 bits per heavy atom. The van der Waals surface area contributed by atoms with Gasteiger partial charge < -0.3 is 9.42 Å². The van der Waals surface area contributed by atoms with Crippen LogP contribution in [-0.2, 0) is 19.4 Å². The molecule has 0 aliphatic carbocycles.